The molecule has 1 aliphatic rings. The predicted molar refractivity (Wildman–Crippen MR) is 69.6 cm³/mol. The van der Waals surface area contributed by atoms with Crippen LogP contribution >= 0.6 is 0 Å². The van der Waals surface area contributed by atoms with Crippen molar-refractivity contribution >= 4 is 10.0 Å². The second-order valence-corrected chi connectivity index (χ2v) is 6.63. The molecule has 1 aromatic rings. The zero-order chi connectivity index (χ0) is 13.0. The maximum absolute atomic E-state index is 12.0. The van der Waals surface area contributed by atoms with Crippen LogP contribution in [0.1, 0.15) is 31.6 Å². The smallest absolute Gasteiger partial charge is 0.212 e. The summed E-state index contributed by atoms with van der Waals surface area (Å²) in [7, 11) is -3.24. The molecule has 0 bridgehead atoms. The van der Waals surface area contributed by atoms with Gasteiger partial charge in [-0.1, -0.05) is 0 Å². The highest BCUT2D eigenvalue weighted by Gasteiger charge is 2.23. The third-order valence-electron chi connectivity index (χ3n) is 3.24. The summed E-state index contributed by atoms with van der Waals surface area (Å²) >= 11 is 0. The maximum atomic E-state index is 12.0. The first kappa shape index (κ1) is 13.6. The molecule has 2 heterocycles. The fraction of sp³-hybridized carbons (Fsp3) is 0.667. The van der Waals surface area contributed by atoms with E-state index in [1.54, 1.807) is 25.3 Å². The minimum absolute atomic E-state index is 0.208. The average molecular weight is 272 g/mol. The van der Waals surface area contributed by atoms with Crippen molar-refractivity contribution in [1.82, 2.24) is 10.0 Å². The van der Waals surface area contributed by atoms with Gasteiger partial charge in [0.2, 0.25) is 10.0 Å². The van der Waals surface area contributed by atoms with Gasteiger partial charge >= 0.3 is 0 Å². The molecule has 0 saturated carbocycles. The van der Waals surface area contributed by atoms with E-state index in [0.717, 1.165) is 25.9 Å². The van der Waals surface area contributed by atoms with Crippen LogP contribution in [0.3, 0.4) is 0 Å². The van der Waals surface area contributed by atoms with Crippen molar-refractivity contribution in [1.29, 1.82) is 0 Å². The lowest BCUT2D eigenvalue weighted by Gasteiger charge is -2.23. The van der Waals surface area contributed by atoms with Gasteiger partial charge in [-0.3, -0.25) is 0 Å². The normalized spacial score (nSPS) is 19.8. The summed E-state index contributed by atoms with van der Waals surface area (Å²) < 4.78 is 31.9. The number of furan rings is 1. The summed E-state index contributed by atoms with van der Waals surface area (Å²) in [5.41, 5.74) is 0. The van der Waals surface area contributed by atoms with E-state index in [1.165, 1.54) is 0 Å². The summed E-state index contributed by atoms with van der Waals surface area (Å²) in [6.07, 6.45) is 3.40. The molecule has 0 spiro atoms. The highest BCUT2D eigenvalue weighted by atomic mass is 32.2. The lowest BCUT2D eigenvalue weighted by atomic mass is 10.0. The molecular weight excluding hydrogens is 252 g/mol. The first-order chi connectivity index (χ1) is 8.57. The molecule has 6 heteroatoms. The molecule has 0 aliphatic carbocycles. The van der Waals surface area contributed by atoms with Crippen molar-refractivity contribution in [2.24, 2.45) is 5.92 Å². The molecule has 1 aliphatic heterocycles. The molecule has 1 aromatic heterocycles. The number of piperidine rings is 1. The van der Waals surface area contributed by atoms with Crippen LogP contribution in [0.5, 0.6) is 0 Å². The van der Waals surface area contributed by atoms with Crippen molar-refractivity contribution in [3.63, 3.8) is 0 Å². The van der Waals surface area contributed by atoms with Crippen molar-refractivity contribution < 1.29 is 12.8 Å². The van der Waals surface area contributed by atoms with Crippen LogP contribution in [0.15, 0.2) is 22.8 Å². The topological polar surface area (TPSA) is 71.3 Å². The van der Waals surface area contributed by atoms with Crippen molar-refractivity contribution in [2.45, 2.75) is 25.8 Å². The zero-order valence-electron chi connectivity index (χ0n) is 10.6. The lowest BCUT2D eigenvalue weighted by Crippen LogP contribution is -2.36. The van der Waals surface area contributed by atoms with Crippen LogP contribution in [0.25, 0.3) is 0 Å². The summed E-state index contributed by atoms with van der Waals surface area (Å²) in [4.78, 5) is 0. The van der Waals surface area contributed by atoms with Gasteiger partial charge in [0, 0.05) is 0 Å². The van der Waals surface area contributed by atoms with Crippen LogP contribution in [0.4, 0.5) is 0 Å². The van der Waals surface area contributed by atoms with Crippen molar-refractivity contribution in [3.05, 3.63) is 24.2 Å². The Kier molecular flexibility index (Phi) is 4.42. The van der Waals surface area contributed by atoms with Gasteiger partial charge < -0.3 is 9.73 Å². The fourth-order valence-electron chi connectivity index (χ4n) is 2.27. The highest BCUT2D eigenvalue weighted by Crippen LogP contribution is 2.17. The summed E-state index contributed by atoms with van der Waals surface area (Å²) in [6.45, 7) is 3.61. The van der Waals surface area contributed by atoms with E-state index in [-0.39, 0.29) is 17.7 Å². The molecule has 1 fully saturated rings. The molecular formula is C12H20N2O3S. The SMILES string of the molecule is CC(NS(=O)(=O)CC1CCNCC1)c1ccco1. The van der Waals surface area contributed by atoms with Crippen LogP contribution < -0.4 is 10.0 Å². The van der Waals surface area contributed by atoms with Crippen LogP contribution in [-0.4, -0.2) is 27.3 Å². The summed E-state index contributed by atoms with van der Waals surface area (Å²) in [6, 6.07) is 3.22. The molecule has 1 saturated heterocycles. The second kappa shape index (κ2) is 5.86. The van der Waals surface area contributed by atoms with E-state index < -0.39 is 10.0 Å². The van der Waals surface area contributed by atoms with Gasteiger partial charge in [-0.15, -0.1) is 0 Å². The molecule has 5 nitrogen and oxygen atoms in total. The van der Waals surface area contributed by atoms with Gasteiger partial charge in [-0.05, 0) is 50.9 Å². The minimum atomic E-state index is -3.24. The molecule has 1 unspecified atom stereocenters. The summed E-state index contributed by atoms with van der Waals surface area (Å²) in [5, 5.41) is 3.23. The van der Waals surface area contributed by atoms with E-state index in [2.05, 4.69) is 10.0 Å². The van der Waals surface area contributed by atoms with Crippen molar-refractivity contribution in [2.75, 3.05) is 18.8 Å². The molecule has 0 amide bonds. The Labute approximate surface area is 108 Å². The number of hydrogen-bond donors (Lipinski definition) is 2. The fourth-order valence-corrected chi connectivity index (χ4v) is 3.98. The van der Waals surface area contributed by atoms with Gasteiger partial charge in [0.05, 0.1) is 18.1 Å². The van der Waals surface area contributed by atoms with Gasteiger partial charge in [0.25, 0.3) is 0 Å². The first-order valence-electron chi connectivity index (χ1n) is 6.31. The lowest BCUT2D eigenvalue weighted by molar-refractivity contribution is 0.397. The van der Waals surface area contributed by atoms with Gasteiger partial charge in [-0.2, -0.15) is 0 Å². The third-order valence-corrected chi connectivity index (χ3v) is 4.86. The predicted octanol–water partition coefficient (Wildman–Crippen LogP) is 1.26. The Balaban J connectivity index is 1.90. The van der Waals surface area contributed by atoms with Crippen LogP contribution in [-0.2, 0) is 10.0 Å². The molecule has 0 radical (unpaired) electrons. The van der Waals surface area contributed by atoms with Gasteiger partial charge in [-0.25, -0.2) is 13.1 Å². The van der Waals surface area contributed by atoms with Crippen LogP contribution in [0, 0.1) is 5.92 Å². The molecule has 2 N–H and O–H groups in total. The second-order valence-electron chi connectivity index (χ2n) is 4.83. The largest absolute Gasteiger partial charge is 0.468 e. The molecule has 0 aromatic carbocycles. The van der Waals surface area contributed by atoms with E-state index >= 15 is 0 Å². The highest BCUT2D eigenvalue weighted by molar-refractivity contribution is 7.89. The summed E-state index contributed by atoms with van der Waals surface area (Å²) in [5.74, 6) is 1.11. The Hall–Kier alpha value is -0.850. The molecule has 2 rings (SSSR count). The third kappa shape index (κ3) is 3.83. The minimum Gasteiger partial charge on any atom is -0.468 e. The monoisotopic (exact) mass is 272 g/mol. The standard InChI is InChI=1S/C12H20N2O3S/c1-10(12-3-2-8-17-12)14-18(15,16)9-11-4-6-13-7-5-11/h2-3,8,10-11,13-14H,4-7,9H2,1H3. The maximum Gasteiger partial charge on any atom is 0.212 e. The number of hydrogen-bond acceptors (Lipinski definition) is 4. The van der Waals surface area contributed by atoms with E-state index in [9.17, 15) is 8.42 Å². The Morgan fingerprint density at radius 2 is 2.22 bits per heavy atom. The molecule has 1 atom stereocenters. The van der Waals surface area contributed by atoms with Gasteiger partial charge in [0.1, 0.15) is 5.76 Å². The number of sulfonamides is 1. The van der Waals surface area contributed by atoms with Crippen molar-refractivity contribution in [3.8, 4) is 0 Å². The Bertz CT molecular complexity index is 450. The Morgan fingerprint density at radius 1 is 1.50 bits per heavy atom. The van der Waals surface area contributed by atoms with E-state index in [4.69, 9.17) is 4.42 Å². The molecule has 102 valence electrons. The van der Waals surface area contributed by atoms with Gasteiger partial charge in [0.15, 0.2) is 0 Å². The van der Waals surface area contributed by atoms with E-state index in [1.807, 2.05) is 0 Å². The molecule has 18 heavy (non-hydrogen) atoms. The Morgan fingerprint density at radius 3 is 2.83 bits per heavy atom. The number of rotatable bonds is 5. The zero-order valence-corrected chi connectivity index (χ0v) is 11.4. The average Bonchev–Trinajstić information content (AvgIpc) is 2.82. The quantitative estimate of drug-likeness (QED) is 0.846. The first-order valence-corrected chi connectivity index (χ1v) is 7.96. The van der Waals surface area contributed by atoms with Crippen LogP contribution in [0.2, 0.25) is 0 Å². The number of nitrogens with one attached hydrogen (secondary N) is 2. The van der Waals surface area contributed by atoms with E-state index in [0.29, 0.717) is 5.76 Å².